The number of carbonyl (C=O) groups excluding carboxylic acids is 1. The third kappa shape index (κ3) is 2.17. The van der Waals surface area contributed by atoms with E-state index in [0.717, 1.165) is 31.6 Å². The first kappa shape index (κ1) is 13.8. The number of ketones is 1. The number of allylic oxidation sites excluding steroid dienone is 1. The van der Waals surface area contributed by atoms with Gasteiger partial charge in [0.2, 0.25) is 0 Å². The van der Waals surface area contributed by atoms with Crippen LogP contribution in [0.25, 0.3) is 0 Å². The van der Waals surface area contributed by atoms with Gasteiger partial charge >= 0.3 is 0 Å². The molecular weight excluding hydrogens is 220 g/mol. The van der Waals surface area contributed by atoms with Crippen LogP contribution in [0.1, 0.15) is 65.7 Å². The van der Waals surface area contributed by atoms with Crippen molar-refractivity contribution >= 4 is 5.78 Å². The number of hydrogen-bond acceptors (Lipinski definition) is 1. The van der Waals surface area contributed by atoms with Crippen LogP contribution >= 0.6 is 0 Å². The van der Waals surface area contributed by atoms with Gasteiger partial charge in [-0.2, -0.15) is 0 Å². The number of rotatable bonds is 3. The smallest absolute Gasteiger partial charge is 0.136 e. The lowest BCUT2D eigenvalue weighted by Gasteiger charge is -2.56. The predicted molar refractivity (Wildman–Crippen MR) is 76.4 cm³/mol. The minimum Gasteiger partial charge on any atom is -0.299 e. The van der Waals surface area contributed by atoms with Crippen LogP contribution in [0.2, 0.25) is 0 Å². The Morgan fingerprint density at radius 3 is 2.72 bits per heavy atom. The molecule has 0 N–H and O–H groups in total. The van der Waals surface area contributed by atoms with E-state index < -0.39 is 0 Å². The Morgan fingerprint density at radius 2 is 2.06 bits per heavy atom. The molecule has 0 radical (unpaired) electrons. The summed E-state index contributed by atoms with van der Waals surface area (Å²) in [6.45, 7) is 11.0. The summed E-state index contributed by atoms with van der Waals surface area (Å²) in [5, 5.41) is 0. The lowest BCUT2D eigenvalue weighted by molar-refractivity contribution is -0.143. The molecule has 18 heavy (non-hydrogen) atoms. The summed E-state index contributed by atoms with van der Waals surface area (Å²) >= 11 is 0. The van der Waals surface area contributed by atoms with E-state index in [2.05, 4.69) is 27.4 Å². The summed E-state index contributed by atoms with van der Waals surface area (Å²) < 4.78 is 0. The minimum atomic E-state index is 0.250. The predicted octanol–water partition coefficient (Wildman–Crippen LogP) is 4.76. The molecular formula is C17H28O. The van der Waals surface area contributed by atoms with Gasteiger partial charge in [0.25, 0.3) is 0 Å². The molecule has 102 valence electrons. The first-order chi connectivity index (χ1) is 8.42. The molecule has 1 heteroatoms. The van der Waals surface area contributed by atoms with E-state index in [9.17, 15) is 4.79 Å². The highest BCUT2D eigenvalue weighted by molar-refractivity contribution is 5.82. The van der Waals surface area contributed by atoms with Crippen LogP contribution in [0.3, 0.4) is 0 Å². The number of Topliss-reactive ketones (excluding diaryl/α,β-unsaturated/α-hetero) is 1. The Labute approximate surface area is 112 Å². The minimum absolute atomic E-state index is 0.250. The molecule has 2 aliphatic rings. The third-order valence-corrected chi connectivity index (χ3v) is 5.80. The summed E-state index contributed by atoms with van der Waals surface area (Å²) in [5.74, 6) is 1.54. The molecule has 2 fully saturated rings. The normalized spacial score (nSPS) is 39.2. The van der Waals surface area contributed by atoms with Gasteiger partial charge < -0.3 is 0 Å². The molecule has 0 saturated heterocycles. The highest BCUT2D eigenvalue weighted by Gasteiger charge is 2.53. The second kappa shape index (κ2) is 4.83. The fraction of sp³-hybridized carbons (Fsp3) is 0.824. The lowest BCUT2D eigenvalue weighted by atomic mass is 9.47. The molecule has 2 rings (SSSR count). The lowest BCUT2D eigenvalue weighted by Crippen LogP contribution is -2.51. The summed E-state index contributed by atoms with van der Waals surface area (Å²) in [6, 6.07) is 0. The average molecular weight is 248 g/mol. The van der Waals surface area contributed by atoms with Crippen molar-refractivity contribution in [2.24, 2.45) is 22.7 Å². The first-order valence-electron chi connectivity index (χ1n) is 7.55. The van der Waals surface area contributed by atoms with Crippen molar-refractivity contribution in [1.29, 1.82) is 0 Å². The van der Waals surface area contributed by atoms with E-state index in [1.165, 1.54) is 19.3 Å². The van der Waals surface area contributed by atoms with Gasteiger partial charge in [0.05, 0.1) is 0 Å². The molecule has 0 amide bonds. The van der Waals surface area contributed by atoms with Gasteiger partial charge in [-0.25, -0.2) is 0 Å². The van der Waals surface area contributed by atoms with Crippen LogP contribution in [0.4, 0.5) is 0 Å². The van der Waals surface area contributed by atoms with Crippen molar-refractivity contribution in [2.75, 3.05) is 0 Å². The maximum atomic E-state index is 12.3. The molecule has 2 aliphatic carbocycles. The molecule has 0 unspecified atom stereocenters. The zero-order valence-corrected chi connectivity index (χ0v) is 12.3. The van der Waals surface area contributed by atoms with Gasteiger partial charge in [-0.1, -0.05) is 33.3 Å². The molecule has 0 spiro atoms. The molecule has 3 atom stereocenters. The quantitative estimate of drug-likeness (QED) is 0.658. The summed E-state index contributed by atoms with van der Waals surface area (Å²) in [6.07, 6.45) is 9.76. The Hall–Kier alpha value is -0.590. The SMILES string of the molecule is C=CCC[C@H]1C(=O)CC[C@H]2C(C)(C)CCC[C@]12C. The molecule has 0 aromatic rings. The van der Waals surface area contributed by atoms with E-state index in [1.807, 2.05) is 6.08 Å². The van der Waals surface area contributed by atoms with Gasteiger partial charge in [-0.15, -0.1) is 6.58 Å². The van der Waals surface area contributed by atoms with E-state index in [0.29, 0.717) is 11.2 Å². The van der Waals surface area contributed by atoms with E-state index in [4.69, 9.17) is 0 Å². The first-order valence-corrected chi connectivity index (χ1v) is 7.55. The zero-order chi connectivity index (χ0) is 13.4. The van der Waals surface area contributed by atoms with Gasteiger partial charge in [0.1, 0.15) is 5.78 Å². The Bertz CT molecular complexity index is 342. The molecule has 0 heterocycles. The Balaban J connectivity index is 2.27. The molecule has 0 aromatic heterocycles. The summed E-state index contributed by atoms with van der Waals surface area (Å²) in [7, 11) is 0. The van der Waals surface area contributed by atoms with E-state index >= 15 is 0 Å². The topological polar surface area (TPSA) is 17.1 Å². The van der Waals surface area contributed by atoms with Crippen molar-refractivity contribution in [3.05, 3.63) is 12.7 Å². The molecule has 0 bridgehead atoms. The van der Waals surface area contributed by atoms with E-state index in [-0.39, 0.29) is 11.3 Å². The maximum absolute atomic E-state index is 12.3. The fourth-order valence-electron chi connectivity index (χ4n) is 4.91. The Kier molecular flexibility index (Phi) is 3.71. The Morgan fingerprint density at radius 1 is 1.33 bits per heavy atom. The van der Waals surface area contributed by atoms with Crippen molar-refractivity contribution in [3.63, 3.8) is 0 Å². The monoisotopic (exact) mass is 248 g/mol. The largest absolute Gasteiger partial charge is 0.299 e. The van der Waals surface area contributed by atoms with Crippen LogP contribution in [0.15, 0.2) is 12.7 Å². The van der Waals surface area contributed by atoms with Crippen LogP contribution in [0, 0.1) is 22.7 Å². The van der Waals surface area contributed by atoms with Crippen molar-refractivity contribution in [2.45, 2.75) is 65.7 Å². The molecule has 1 nitrogen and oxygen atoms in total. The van der Waals surface area contributed by atoms with Crippen LogP contribution in [0.5, 0.6) is 0 Å². The average Bonchev–Trinajstić information content (AvgIpc) is 2.27. The third-order valence-electron chi connectivity index (χ3n) is 5.80. The van der Waals surface area contributed by atoms with Gasteiger partial charge in [0.15, 0.2) is 0 Å². The van der Waals surface area contributed by atoms with Crippen LogP contribution in [-0.2, 0) is 4.79 Å². The summed E-state index contributed by atoms with van der Waals surface area (Å²) in [4.78, 5) is 12.3. The van der Waals surface area contributed by atoms with Gasteiger partial charge in [-0.05, 0) is 48.9 Å². The molecule has 0 aliphatic heterocycles. The number of hydrogen-bond donors (Lipinski definition) is 0. The number of fused-ring (bicyclic) bond motifs is 1. The fourth-order valence-corrected chi connectivity index (χ4v) is 4.91. The van der Waals surface area contributed by atoms with Crippen molar-refractivity contribution in [1.82, 2.24) is 0 Å². The van der Waals surface area contributed by atoms with Gasteiger partial charge in [-0.3, -0.25) is 4.79 Å². The van der Waals surface area contributed by atoms with Crippen LogP contribution < -0.4 is 0 Å². The number of carbonyl (C=O) groups is 1. The second-order valence-electron chi connectivity index (χ2n) is 7.32. The second-order valence-corrected chi connectivity index (χ2v) is 7.32. The zero-order valence-electron chi connectivity index (χ0n) is 12.3. The van der Waals surface area contributed by atoms with Crippen molar-refractivity contribution < 1.29 is 4.79 Å². The molecule has 2 saturated carbocycles. The highest BCUT2D eigenvalue weighted by atomic mass is 16.1. The highest BCUT2D eigenvalue weighted by Crippen LogP contribution is 2.59. The summed E-state index contributed by atoms with van der Waals surface area (Å²) in [5.41, 5.74) is 0.667. The van der Waals surface area contributed by atoms with Gasteiger partial charge in [0, 0.05) is 12.3 Å². The standard InChI is InChI=1S/C17H28O/c1-5-6-8-13-14(18)9-10-15-16(2,3)11-7-12-17(13,15)4/h5,13,15H,1,6-12H2,2-4H3/t13-,15-,17+/m0/s1. The molecule has 0 aromatic carbocycles. The van der Waals surface area contributed by atoms with E-state index in [1.54, 1.807) is 0 Å². The van der Waals surface area contributed by atoms with Crippen molar-refractivity contribution in [3.8, 4) is 0 Å². The van der Waals surface area contributed by atoms with Crippen LogP contribution in [-0.4, -0.2) is 5.78 Å². The maximum Gasteiger partial charge on any atom is 0.136 e.